The van der Waals surface area contributed by atoms with Gasteiger partial charge in [-0.15, -0.1) is 0 Å². The number of esters is 1. The van der Waals surface area contributed by atoms with E-state index in [1.54, 1.807) is 6.20 Å². The molecule has 6 nitrogen and oxygen atoms in total. The highest BCUT2D eigenvalue weighted by Gasteiger charge is 2.24. The van der Waals surface area contributed by atoms with Gasteiger partial charge in [0.1, 0.15) is 18.2 Å². The molecule has 0 bridgehead atoms. The second-order valence-corrected chi connectivity index (χ2v) is 4.33. The lowest BCUT2D eigenvalue weighted by Crippen LogP contribution is -2.14. The summed E-state index contributed by atoms with van der Waals surface area (Å²) in [6.45, 7) is 0.517. The predicted octanol–water partition coefficient (Wildman–Crippen LogP) is 1.81. The summed E-state index contributed by atoms with van der Waals surface area (Å²) in [4.78, 5) is 19.6. The minimum atomic E-state index is -0.510. The SMILES string of the molecule is COC(=O)c1cncc(NC2COc3ccccc32)n1. The van der Waals surface area contributed by atoms with E-state index in [1.807, 2.05) is 24.3 Å². The maximum absolute atomic E-state index is 11.4. The average molecular weight is 271 g/mol. The van der Waals surface area contributed by atoms with Crippen LogP contribution in [-0.4, -0.2) is 29.7 Å². The Morgan fingerprint density at radius 1 is 1.40 bits per heavy atom. The van der Waals surface area contributed by atoms with Crippen LogP contribution in [0.1, 0.15) is 22.1 Å². The first-order valence-electron chi connectivity index (χ1n) is 6.16. The summed E-state index contributed by atoms with van der Waals surface area (Å²) >= 11 is 0. The van der Waals surface area contributed by atoms with Gasteiger partial charge in [0.05, 0.1) is 25.5 Å². The number of nitrogens with one attached hydrogen (secondary N) is 1. The first kappa shape index (κ1) is 12.4. The Morgan fingerprint density at radius 3 is 3.10 bits per heavy atom. The Hall–Kier alpha value is -2.63. The number of carbonyl (C=O) groups is 1. The van der Waals surface area contributed by atoms with E-state index in [1.165, 1.54) is 13.3 Å². The van der Waals surface area contributed by atoms with E-state index < -0.39 is 5.97 Å². The summed E-state index contributed by atoms with van der Waals surface area (Å²) in [6.07, 6.45) is 2.93. The molecule has 0 saturated carbocycles. The molecular weight excluding hydrogens is 258 g/mol. The van der Waals surface area contributed by atoms with Crippen molar-refractivity contribution in [1.82, 2.24) is 9.97 Å². The molecule has 3 rings (SSSR count). The van der Waals surface area contributed by atoms with E-state index in [9.17, 15) is 4.79 Å². The molecule has 1 aliphatic heterocycles. The molecule has 0 aliphatic carbocycles. The highest BCUT2D eigenvalue weighted by atomic mass is 16.5. The van der Waals surface area contributed by atoms with E-state index in [-0.39, 0.29) is 11.7 Å². The third-order valence-corrected chi connectivity index (χ3v) is 3.05. The number of aromatic nitrogens is 2. The third kappa shape index (κ3) is 2.27. The van der Waals surface area contributed by atoms with Crippen LogP contribution in [0.3, 0.4) is 0 Å². The van der Waals surface area contributed by atoms with Crippen LogP contribution in [0, 0.1) is 0 Å². The minimum Gasteiger partial charge on any atom is -0.491 e. The van der Waals surface area contributed by atoms with E-state index in [4.69, 9.17) is 4.74 Å². The zero-order valence-corrected chi connectivity index (χ0v) is 10.9. The first-order valence-corrected chi connectivity index (χ1v) is 6.16. The highest BCUT2D eigenvalue weighted by molar-refractivity contribution is 5.87. The monoisotopic (exact) mass is 271 g/mol. The number of methoxy groups -OCH3 is 1. The van der Waals surface area contributed by atoms with Crippen molar-refractivity contribution in [3.8, 4) is 5.75 Å². The van der Waals surface area contributed by atoms with Crippen LogP contribution in [0.15, 0.2) is 36.7 Å². The molecule has 1 aliphatic rings. The largest absolute Gasteiger partial charge is 0.491 e. The first-order chi connectivity index (χ1) is 9.78. The zero-order valence-electron chi connectivity index (χ0n) is 10.9. The number of hydrogen-bond donors (Lipinski definition) is 1. The fourth-order valence-corrected chi connectivity index (χ4v) is 2.10. The standard InChI is InChI=1S/C14H13N3O3/c1-19-14(18)10-6-15-7-13(16-10)17-11-8-20-12-5-3-2-4-9(11)12/h2-7,11H,8H2,1H3,(H,16,17). The molecular formula is C14H13N3O3. The van der Waals surface area contributed by atoms with E-state index >= 15 is 0 Å². The number of benzene rings is 1. The Bertz CT molecular complexity index is 645. The van der Waals surface area contributed by atoms with E-state index in [2.05, 4.69) is 20.0 Å². The van der Waals surface area contributed by atoms with Gasteiger partial charge in [0.25, 0.3) is 0 Å². The van der Waals surface area contributed by atoms with Gasteiger partial charge in [0.15, 0.2) is 5.69 Å². The quantitative estimate of drug-likeness (QED) is 0.858. The Morgan fingerprint density at radius 2 is 2.25 bits per heavy atom. The number of carbonyl (C=O) groups excluding carboxylic acids is 1. The molecule has 0 fully saturated rings. The number of nitrogens with zero attached hydrogens (tertiary/aromatic N) is 2. The van der Waals surface area contributed by atoms with Crippen LogP contribution in [-0.2, 0) is 4.74 Å². The van der Waals surface area contributed by atoms with E-state index in [0.717, 1.165) is 11.3 Å². The summed E-state index contributed by atoms with van der Waals surface area (Å²) in [5.41, 5.74) is 1.24. The lowest BCUT2D eigenvalue weighted by atomic mass is 10.1. The van der Waals surface area contributed by atoms with Crippen LogP contribution < -0.4 is 10.1 Å². The van der Waals surface area contributed by atoms with Crippen molar-refractivity contribution >= 4 is 11.8 Å². The van der Waals surface area contributed by atoms with Gasteiger partial charge in [-0.1, -0.05) is 18.2 Å². The highest BCUT2D eigenvalue weighted by Crippen LogP contribution is 2.33. The number of ether oxygens (including phenoxy) is 2. The second-order valence-electron chi connectivity index (χ2n) is 4.33. The van der Waals surface area contributed by atoms with Crippen molar-refractivity contribution in [2.24, 2.45) is 0 Å². The summed E-state index contributed by atoms with van der Waals surface area (Å²) in [5.74, 6) is 0.865. The minimum absolute atomic E-state index is 0.00611. The molecule has 0 radical (unpaired) electrons. The van der Waals surface area contributed by atoms with Crippen LogP contribution in [0.5, 0.6) is 5.75 Å². The third-order valence-electron chi connectivity index (χ3n) is 3.05. The number of fused-ring (bicyclic) bond motifs is 1. The van der Waals surface area contributed by atoms with Crippen LogP contribution in [0.2, 0.25) is 0 Å². The summed E-state index contributed by atoms with van der Waals surface area (Å²) in [5, 5.41) is 3.21. The predicted molar refractivity (Wildman–Crippen MR) is 71.7 cm³/mol. The Labute approximate surface area is 115 Å². The molecule has 0 saturated heterocycles. The molecule has 2 aromatic rings. The topological polar surface area (TPSA) is 73.3 Å². The smallest absolute Gasteiger partial charge is 0.358 e. The summed E-state index contributed by atoms with van der Waals surface area (Å²) in [7, 11) is 1.31. The molecule has 1 atom stereocenters. The molecule has 6 heteroatoms. The van der Waals surface area contributed by atoms with Crippen LogP contribution in [0.25, 0.3) is 0 Å². The van der Waals surface area contributed by atoms with Crippen molar-refractivity contribution in [1.29, 1.82) is 0 Å². The molecule has 2 heterocycles. The van der Waals surface area contributed by atoms with Crippen molar-refractivity contribution in [2.45, 2.75) is 6.04 Å². The lowest BCUT2D eigenvalue weighted by Gasteiger charge is -2.12. The molecule has 102 valence electrons. The van der Waals surface area contributed by atoms with Gasteiger partial charge in [-0.05, 0) is 6.07 Å². The maximum Gasteiger partial charge on any atom is 0.358 e. The van der Waals surface area contributed by atoms with Crippen molar-refractivity contribution in [2.75, 3.05) is 19.0 Å². The van der Waals surface area contributed by atoms with E-state index in [0.29, 0.717) is 12.4 Å². The molecule has 0 spiro atoms. The van der Waals surface area contributed by atoms with Crippen LogP contribution >= 0.6 is 0 Å². The molecule has 0 amide bonds. The number of anilines is 1. The lowest BCUT2D eigenvalue weighted by molar-refractivity contribution is 0.0593. The molecule has 1 N–H and O–H groups in total. The van der Waals surface area contributed by atoms with Gasteiger partial charge in [0.2, 0.25) is 0 Å². The molecule has 1 aromatic carbocycles. The Kier molecular flexibility index (Phi) is 3.20. The molecule has 1 unspecified atom stereocenters. The molecule has 20 heavy (non-hydrogen) atoms. The van der Waals surface area contributed by atoms with Gasteiger partial charge in [0, 0.05) is 5.56 Å². The zero-order chi connectivity index (χ0) is 13.9. The Balaban J connectivity index is 1.81. The summed E-state index contributed by atoms with van der Waals surface area (Å²) in [6, 6.07) is 7.80. The number of para-hydroxylation sites is 1. The van der Waals surface area contributed by atoms with Crippen molar-refractivity contribution in [3.63, 3.8) is 0 Å². The summed E-state index contributed by atoms with van der Waals surface area (Å²) < 4.78 is 10.2. The second kappa shape index (κ2) is 5.16. The maximum atomic E-state index is 11.4. The number of hydrogen-bond acceptors (Lipinski definition) is 6. The number of rotatable bonds is 3. The molecule has 1 aromatic heterocycles. The van der Waals surface area contributed by atoms with Crippen molar-refractivity contribution in [3.05, 3.63) is 47.9 Å². The van der Waals surface area contributed by atoms with Gasteiger partial charge >= 0.3 is 5.97 Å². The van der Waals surface area contributed by atoms with Crippen molar-refractivity contribution < 1.29 is 14.3 Å². The fraction of sp³-hybridized carbons (Fsp3) is 0.214. The fourth-order valence-electron chi connectivity index (χ4n) is 2.10. The van der Waals surface area contributed by atoms with Gasteiger partial charge in [-0.25, -0.2) is 9.78 Å². The average Bonchev–Trinajstić information content (AvgIpc) is 2.90. The van der Waals surface area contributed by atoms with Gasteiger partial charge < -0.3 is 14.8 Å². The van der Waals surface area contributed by atoms with Gasteiger partial charge in [-0.2, -0.15) is 0 Å². The normalized spacial score (nSPS) is 16.1. The van der Waals surface area contributed by atoms with Gasteiger partial charge in [-0.3, -0.25) is 4.98 Å². The van der Waals surface area contributed by atoms with Crippen LogP contribution in [0.4, 0.5) is 5.82 Å².